The van der Waals surface area contributed by atoms with Crippen LogP contribution in [-0.2, 0) is 14.1 Å². The van der Waals surface area contributed by atoms with Crippen LogP contribution >= 0.6 is 0 Å². The van der Waals surface area contributed by atoms with E-state index in [2.05, 4.69) is 15.4 Å². The van der Waals surface area contributed by atoms with Crippen LogP contribution in [-0.4, -0.2) is 44.2 Å². The number of anilines is 1. The summed E-state index contributed by atoms with van der Waals surface area (Å²) >= 11 is 0. The molecule has 8 nitrogen and oxygen atoms in total. The van der Waals surface area contributed by atoms with Gasteiger partial charge in [-0.2, -0.15) is 5.10 Å². The van der Waals surface area contributed by atoms with E-state index in [1.165, 1.54) is 4.68 Å². The van der Waals surface area contributed by atoms with Gasteiger partial charge in [0.05, 0.1) is 13.2 Å². The maximum atomic E-state index is 11.9. The second-order valence-corrected chi connectivity index (χ2v) is 6.25. The maximum absolute atomic E-state index is 11.9. The van der Waals surface area contributed by atoms with Gasteiger partial charge in [-0.15, -0.1) is 0 Å². The molecular weight excluding hydrogens is 310 g/mol. The largest absolute Gasteiger partial charge is 0.493 e. The lowest BCUT2D eigenvalue weighted by Gasteiger charge is -2.16. The van der Waals surface area contributed by atoms with Crippen molar-refractivity contribution in [2.45, 2.75) is 24.9 Å². The summed E-state index contributed by atoms with van der Waals surface area (Å²) in [5, 5.41) is 17.9. The van der Waals surface area contributed by atoms with Crippen molar-refractivity contribution in [2.24, 2.45) is 20.0 Å². The highest BCUT2D eigenvalue weighted by atomic mass is 16.5. The van der Waals surface area contributed by atoms with E-state index in [0.717, 1.165) is 12.2 Å². The molecule has 1 aliphatic rings. The number of rotatable bonds is 5. The van der Waals surface area contributed by atoms with Gasteiger partial charge in [-0.1, -0.05) is 0 Å². The van der Waals surface area contributed by atoms with Gasteiger partial charge in [0.1, 0.15) is 5.82 Å². The van der Waals surface area contributed by atoms with Gasteiger partial charge in [0.2, 0.25) is 0 Å². The molecule has 2 N–H and O–H groups in total. The zero-order valence-corrected chi connectivity index (χ0v) is 14.1. The number of hydrogen-bond acceptors (Lipinski definition) is 6. The first-order chi connectivity index (χ1) is 11.5. The Labute approximate surface area is 140 Å². The third-order valence-corrected chi connectivity index (χ3v) is 4.70. The molecule has 1 fully saturated rings. The standard InChI is InChI=1S/C16H23N5O3/c1-20-15(19-21(2)16(20)23)10-7-11(12(22)8-10)9-18-14-13(24-3)5-4-6-17-14/h4-6,10-12,22H,7-9H2,1-3H3,(H,17,18)/t10-,11+,12+/m0/s1. The fourth-order valence-electron chi connectivity index (χ4n) is 3.38. The third kappa shape index (κ3) is 3.01. The Bertz CT molecular complexity index is 769. The molecule has 8 heteroatoms. The van der Waals surface area contributed by atoms with Crippen molar-refractivity contribution in [3.8, 4) is 5.75 Å². The van der Waals surface area contributed by atoms with Crippen LogP contribution in [0, 0.1) is 5.92 Å². The Balaban J connectivity index is 1.68. The second kappa shape index (κ2) is 6.64. The van der Waals surface area contributed by atoms with Gasteiger partial charge in [0.25, 0.3) is 0 Å². The third-order valence-electron chi connectivity index (χ3n) is 4.70. The number of aryl methyl sites for hydroxylation is 1. The number of nitrogens with one attached hydrogen (secondary N) is 1. The minimum atomic E-state index is -0.436. The van der Waals surface area contributed by atoms with Crippen molar-refractivity contribution in [2.75, 3.05) is 19.0 Å². The van der Waals surface area contributed by atoms with Crippen LogP contribution in [0.3, 0.4) is 0 Å². The van der Waals surface area contributed by atoms with Crippen LogP contribution in [0.25, 0.3) is 0 Å². The van der Waals surface area contributed by atoms with Gasteiger partial charge in [-0.25, -0.2) is 14.5 Å². The van der Waals surface area contributed by atoms with Crippen LogP contribution in [0.1, 0.15) is 24.6 Å². The molecule has 2 aromatic heterocycles. The molecule has 3 rings (SSSR count). The first-order valence-corrected chi connectivity index (χ1v) is 8.02. The fraction of sp³-hybridized carbons (Fsp3) is 0.562. The molecular formula is C16H23N5O3. The first-order valence-electron chi connectivity index (χ1n) is 8.02. The smallest absolute Gasteiger partial charge is 0.345 e. The number of methoxy groups -OCH3 is 1. The quantitative estimate of drug-likeness (QED) is 0.827. The predicted molar refractivity (Wildman–Crippen MR) is 89.2 cm³/mol. The minimum Gasteiger partial charge on any atom is -0.493 e. The number of aromatic nitrogens is 4. The van der Waals surface area contributed by atoms with Crippen LogP contribution in [0.15, 0.2) is 23.1 Å². The number of pyridine rings is 1. The predicted octanol–water partition coefficient (Wildman–Crippen LogP) is 0.489. The number of nitrogens with zero attached hydrogens (tertiary/aromatic N) is 4. The summed E-state index contributed by atoms with van der Waals surface area (Å²) in [5.41, 5.74) is -0.140. The topological polar surface area (TPSA) is 94.2 Å². The second-order valence-electron chi connectivity index (χ2n) is 6.25. The van der Waals surface area contributed by atoms with Gasteiger partial charge in [0.15, 0.2) is 11.6 Å². The zero-order chi connectivity index (χ0) is 17.3. The van der Waals surface area contributed by atoms with E-state index in [1.54, 1.807) is 32.0 Å². The molecule has 0 radical (unpaired) electrons. The number of ether oxygens (including phenoxy) is 1. The van der Waals surface area contributed by atoms with E-state index in [0.29, 0.717) is 24.5 Å². The van der Waals surface area contributed by atoms with Gasteiger partial charge in [-0.3, -0.25) is 4.57 Å². The highest BCUT2D eigenvalue weighted by molar-refractivity contribution is 5.49. The lowest BCUT2D eigenvalue weighted by atomic mass is 10.0. The summed E-state index contributed by atoms with van der Waals surface area (Å²) in [7, 11) is 4.97. The van der Waals surface area contributed by atoms with Gasteiger partial charge < -0.3 is 15.2 Å². The summed E-state index contributed by atoms with van der Waals surface area (Å²) < 4.78 is 8.17. The number of aliphatic hydroxyl groups excluding tert-OH is 1. The fourth-order valence-corrected chi connectivity index (χ4v) is 3.38. The van der Waals surface area contributed by atoms with E-state index in [9.17, 15) is 9.90 Å². The Hall–Kier alpha value is -2.35. The summed E-state index contributed by atoms with van der Waals surface area (Å²) in [4.78, 5) is 16.1. The molecule has 1 aliphatic carbocycles. The SMILES string of the molecule is COc1cccnc1NC[C@H]1C[C@H](c2nn(C)c(=O)n2C)C[C@H]1O. The van der Waals surface area contributed by atoms with Crippen molar-refractivity contribution in [3.63, 3.8) is 0 Å². The Kier molecular flexibility index (Phi) is 4.57. The lowest BCUT2D eigenvalue weighted by molar-refractivity contribution is 0.137. The average Bonchev–Trinajstić information content (AvgIpc) is 3.08. The maximum Gasteiger partial charge on any atom is 0.345 e. The highest BCUT2D eigenvalue weighted by Crippen LogP contribution is 2.37. The Morgan fingerprint density at radius 1 is 1.42 bits per heavy atom. The summed E-state index contributed by atoms with van der Waals surface area (Å²) in [5.74, 6) is 2.23. The number of hydrogen-bond donors (Lipinski definition) is 2. The average molecular weight is 333 g/mol. The normalized spacial score (nSPS) is 23.4. The molecule has 0 bridgehead atoms. The Morgan fingerprint density at radius 2 is 2.21 bits per heavy atom. The van der Waals surface area contributed by atoms with E-state index < -0.39 is 6.10 Å². The highest BCUT2D eigenvalue weighted by Gasteiger charge is 2.36. The van der Waals surface area contributed by atoms with Crippen LogP contribution in [0.5, 0.6) is 5.75 Å². The summed E-state index contributed by atoms with van der Waals surface area (Å²) in [6, 6.07) is 3.65. The molecule has 0 saturated heterocycles. The molecule has 3 atom stereocenters. The van der Waals surface area contributed by atoms with Gasteiger partial charge in [0, 0.05) is 38.7 Å². The van der Waals surface area contributed by atoms with Gasteiger partial charge >= 0.3 is 5.69 Å². The zero-order valence-electron chi connectivity index (χ0n) is 14.1. The van der Waals surface area contributed by atoms with Crippen molar-refractivity contribution >= 4 is 5.82 Å². The van der Waals surface area contributed by atoms with Crippen molar-refractivity contribution in [1.82, 2.24) is 19.3 Å². The van der Waals surface area contributed by atoms with Crippen molar-refractivity contribution < 1.29 is 9.84 Å². The molecule has 0 unspecified atom stereocenters. The molecule has 0 aliphatic heterocycles. The van der Waals surface area contributed by atoms with E-state index in [1.807, 2.05) is 12.1 Å². The van der Waals surface area contributed by atoms with E-state index in [4.69, 9.17) is 4.74 Å². The van der Waals surface area contributed by atoms with E-state index in [-0.39, 0.29) is 17.5 Å². The summed E-state index contributed by atoms with van der Waals surface area (Å²) in [6.45, 7) is 0.589. The molecule has 2 heterocycles. The molecule has 130 valence electrons. The molecule has 0 amide bonds. The molecule has 0 aromatic carbocycles. The Morgan fingerprint density at radius 3 is 2.88 bits per heavy atom. The monoisotopic (exact) mass is 333 g/mol. The van der Waals surface area contributed by atoms with Crippen LogP contribution in [0.2, 0.25) is 0 Å². The van der Waals surface area contributed by atoms with Gasteiger partial charge in [-0.05, 0) is 25.0 Å². The van der Waals surface area contributed by atoms with Crippen molar-refractivity contribution in [3.05, 3.63) is 34.6 Å². The van der Waals surface area contributed by atoms with Crippen LogP contribution < -0.4 is 15.7 Å². The molecule has 1 saturated carbocycles. The first kappa shape index (κ1) is 16.5. The van der Waals surface area contributed by atoms with Crippen molar-refractivity contribution in [1.29, 1.82) is 0 Å². The van der Waals surface area contributed by atoms with E-state index >= 15 is 0 Å². The number of aliphatic hydroxyl groups is 1. The molecule has 2 aromatic rings. The minimum absolute atomic E-state index is 0.0684. The summed E-state index contributed by atoms with van der Waals surface area (Å²) in [6.07, 6.45) is 2.64. The van der Waals surface area contributed by atoms with Crippen LogP contribution in [0.4, 0.5) is 5.82 Å². The molecule has 0 spiro atoms. The molecule has 24 heavy (non-hydrogen) atoms. The lowest BCUT2D eigenvalue weighted by Crippen LogP contribution is -2.22.